The maximum atomic E-state index is 5.77. The number of nitrogens with two attached hydrogens (primary N) is 1. The first-order valence-corrected chi connectivity index (χ1v) is 6.46. The Balaban J connectivity index is 0.00000162. The van der Waals surface area contributed by atoms with Crippen LogP contribution in [0.2, 0.25) is 0 Å². The molecule has 102 valence electrons. The second kappa shape index (κ2) is 7.85. The highest BCUT2D eigenvalue weighted by Crippen LogP contribution is 2.11. The first kappa shape index (κ1) is 15.6. The molecule has 0 amide bonds. The largest absolute Gasteiger partial charge is 0.376 e. The summed E-state index contributed by atoms with van der Waals surface area (Å²) in [5, 5.41) is 6.99. The number of aliphatic imine (C=N–C) groups is 1. The van der Waals surface area contributed by atoms with Gasteiger partial charge in [0.1, 0.15) is 0 Å². The lowest BCUT2D eigenvalue weighted by molar-refractivity contribution is 0.114. The predicted molar refractivity (Wildman–Crippen MR) is 82.4 cm³/mol. The summed E-state index contributed by atoms with van der Waals surface area (Å²) in [5.41, 5.74) is 6.69. The predicted octanol–water partition coefficient (Wildman–Crippen LogP) is 1.05. The van der Waals surface area contributed by atoms with Gasteiger partial charge in [-0.15, -0.1) is 29.1 Å². The van der Waals surface area contributed by atoms with Gasteiger partial charge in [-0.25, -0.2) is 4.99 Å². The molecule has 18 heavy (non-hydrogen) atoms. The molecule has 0 radical (unpaired) electrons. The van der Waals surface area contributed by atoms with Crippen molar-refractivity contribution < 1.29 is 4.74 Å². The molecule has 1 aromatic heterocycles. The number of aromatic nitrogens is 2. The molecule has 8 heteroatoms. The highest BCUT2D eigenvalue weighted by Gasteiger charge is 2.14. The number of guanidine groups is 1. The first-order chi connectivity index (χ1) is 8.25. The van der Waals surface area contributed by atoms with Crippen LogP contribution in [-0.4, -0.2) is 34.8 Å². The second-order valence-electron chi connectivity index (χ2n) is 4.00. The van der Waals surface area contributed by atoms with Gasteiger partial charge in [0, 0.05) is 13.2 Å². The Morgan fingerprint density at radius 1 is 1.67 bits per heavy atom. The molecule has 0 aromatic carbocycles. The Kier molecular flexibility index (Phi) is 6.79. The third-order valence-corrected chi connectivity index (χ3v) is 3.48. The average Bonchev–Trinajstić information content (AvgIpc) is 2.95. The van der Waals surface area contributed by atoms with Gasteiger partial charge in [0.15, 0.2) is 5.96 Å². The van der Waals surface area contributed by atoms with Gasteiger partial charge in [-0.2, -0.15) is 0 Å². The summed E-state index contributed by atoms with van der Waals surface area (Å²) in [6.45, 7) is 4.04. The summed E-state index contributed by atoms with van der Waals surface area (Å²) in [5.74, 6) is 0.452. The summed E-state index contributed by atoms with van der Waals surface area (Å²) in [4.78, 5) is 5.29. The van der Waals surface area contributed by atoms with Crippen molar-refractivity contribution in [1.82, 2.24) is 14.9 Å². The molecule has 1 unspecified atom stereocenters. The van der Waals surface area contributed by atoms with Crippen LogP contribution in [-0.2, 0) is 11.3 Å². The smallest absolute Gasteiger partial charge is 0.189 e. The van der Waals surface area contributed by atoms with Crippen molar-refractivity contribution in [2.75, 3.05) is 13.2 Å². The van der Waals surface area contributed by atoms with Crippen LogP contribution in [0.3, 0.4) is 0 Å². The molecule has 1 fully saturated rings. The van der Waals surface area contributed by atoms with E-state index in [4.69, 9.17) is 10.5 Å². The molecular weight excluding hydrogens is 365 g/mol. The molecule has 1 aliphatic heterocycles. The van der Waals surface area contributed by atoms with Crippen LogP contribution >= 0.6 is 35.5 Å². The molecule has 2 rings (SSSR count). The third kappa shape index (κ3) is 4.65. The van der Waals surface area contributed by atoms with Crippen molar-refractivity contribution in [2.45, 2.75) is 32.4 Å². The Labute approximate surface area is 128 Å². The average molecular weight is 383 g/mol. The number of aryl methyl sites for hydroxylation is 1. The molecule has 0 bridgehead atoms. The van der Waals surface area contributed by atoms with Gasteiger partial charge in [-0.1, -0.05) is 4.49 Å². The van der Waals surface area contributed by atoms with Crippen LogP contribution in [0.25, 0.3) is 0 Å². The van der Waals surface area contributed by atoms with E-state index in [1.54, 1.807) is 0 Å². The lowest BCUT2D eigenvalue weighted by Gasteiger charge is -2.10. The monoisotopic (exact) mass is 383 g/mol. The minimum Gasteiger partial charge on any atom is -0.376 e. The summed E-state index contributed by atoms with van der Waals surface area (Å²) in [6.07, 6.45) is 2.50. The van der Waals surface area contributed by atoms with Crippen LogP contribution in [0.1, 0.15) is 23.4 Å². The van der Waals surface area contributed by atoms with Crippen LogP contribution < -0.4 is 11.1 Å². The third-order valence-electron chi connectivity index (χ3n) is 2.67. The summed E-state index contributed by atoms with van der Waals surface area (Å²) < 4.78 is 9.33. The van der Waals surface area contributed by atoms with E-state index in [0.717, 1.165) is 36.6 Å². The molecular formula is C10H18IN5OS. The quantitative estimate of drug-likeness (QED) is 0.461. The number of halogens is 1. The molecule has 1 atom stereocenters. The molecule has 1 aliphatic rings. The van der Waals surface area contributed by atoms with E-state index >= 15 is 0 Å². The summed E-state index contributed by atoms with van der Waals surface area (Å²) >= 11 is 1.36. The molecule has 1 aromatic rings. The van der Waals surface area contributed by atoms with E-state index in [1.807, 2.05) is 6.92 Å². The van der Waals surface area contributed by atoms with Crippen LogP contribution in [0.4, 0.5) is 0 Å². The van der Waals surface area contributed by atoms with Gasteiger partial charge < -0.3 is 15.8 Å². The first-order valence-electron chi connectivity index (χ1n) is 5.69. The Hall–Kier alpha value is -0.480. The highest BCUT2D eigenvalue weighted by atomic mass is 127. The lowest BCUT2D eigenvalue weighted by atomic mass is 10.2. The zero-order valence-electron chi connectivity index (χ0n) is 10.3. The van der Waals surface area contributed by atoms with Crippen LogP contribution in [0.5, 0.6) is 0 Å². The fourth-order valence-electron chi connectivity index (χ4n) is 1.63. The summed E-state index contributed by atoms with van der Waals surface area (Å²) in [7, 11) is 0. The van der Waals surface area contributed by atoms with Gasteiger partial charge in [-0.05, 0) is 31.3 Å². The molecule has 6 nitrogen and oxygen atoms in total. The van der Waals surface area contributed by atoms with Crippen molar-refractivity contribution in [3.63, 3.8) is 0 Å². The van der Waals surface area contributed by atoms with Crippen molar-refractivity contribution in [2.24, 2.45) is 10.7 Å². The normalized spacial score (nSPS) is 19.6. The molecule has 2 heterocycles. The Morgan fingerprint density at radius 3 is 3.11 bits per heavy atom. The van der Waals surface area contributed by atoms with Crippen LogP contribution in [0, 0.1) is 6.92 Å². The molecule has 1 saturated heterocycles. The summed E-state index contributed by atoms with van der Waals surface area (Å²) in [6, 6.07) is 0. The lowest BCUT2D eigenvalue weighted by Crippen LogP contribution is -2.37. The van der Waals surface area contributed by atoms with Crippen molar-refractivity contribution >= 4 is 41.5 Å². The fourth-order valence-corrected chi connectivity index (χ4v) is 2.19. The van der Waals surface area contributed by atoms with Gasteiger partial charge >= 0.3 is 0 Å². The van der Waals surface area contributed by atoms with E-state index in [9.17, 15) is 0 Å². The van der Waals surface area contributed by atoms with Gasteiger partial charge in [0.25, 0.3) is 0 Å². The fraction of sp³-hybridized carbons (Fsp3) is 0.700. The zero-order chi connectivity index (χ0) is 12.1. The van der Waals surface area contributed by atoms with Crippen molar-refractivity contribution in [3.05, 3.63) is 10.6 Å². The van der Waals surface area contributed by atoms with Crippen molar-refractivity contribution in [3.8, 4) is 0 Å². The maximum Gasteiger partial charge on any atom is 0.189 e. The van der Waals surface area contributed by atoms with E-state index in [-0.39, 0.29) is 30.1 Å². The van der Waals surface area contributed by atoms with E-state index < -0.39 is 0 Å². The number of nitrogens with zero attached hydrogens (tertiary/aromatic N) is 3. The van der Waals surface area contributed by atoms with E-state index in [1.165, 1.54) is 11.5 Å². The molecule has 0 aliphatic carbocycles. The number of rotatable bonds is 4. The highest BCUT2D eigenvalue weighted by molar-refractivity contribution is 14.0. The van der Waals surface area contributed by atoms with E-state index in [2.05, 4.69) is 19.9 Å². The Bertz CT molecular complexity index is 391. The van der Waals surface area contributed by atoms with E-state index in [0.29, 0.717) is 12.5 Å². The molecule has 3 N–H and O–H groups in total. The molecule has 0 saturated carbocycles. The standard InChI is InChI=1S/C10H17N5OS.HI/c1-7-9(17-15-14-7)6-13-10(11)12-5-8-3-2-4-16-8;/h8H,2-6H2,1H3,(H3,11,12,13);1H. The minimum atomic E-state index is 0. The van der Waals surface area contributed by atoms with Crippen LogP contribution in [0.15, 0.2) is 4.99 Å². The topological polar surface area (TPSA) is 85.4 Å². The van der Waals surface area contributed by atoms with Gasteiger partial charge in [0.2, 0.25) is 0 Å². The van der Waals surface area contributed by atoms with Gasteiger partial charge in [0.05, 0.1) is 23.2 Å². The SMILES string of the molecule is Cc1nnsc1CN=C(N)NCC1CCCO1.I. The van der Waals surface area contributed by atoms with Crippen molar-refractivity contribution in [1.29, 1.82) is 0 Å². The number of ether oxygens (including phenoxy) is 1. The number of hydrogen-bond donors (Lipinski definition) is 2. The second-order valence-corrected chi connectivity index (χ2v) is 4.84. The maximum absolute atomic E-state index is 5.77. The Morgan fingerprint density at radius 2 is 2.50 bits per heavy atom. The molecule has 0 spiro atoms. The number of nitrogens with one attached hydrogen (secondary N) is 1. The minimum absolute atomic E-state index is 0. The van der Waals surface area contributed by atoms with Gasteiger partial charge in [-0.3, -0.25) is 0 Å². The number of hydrogen-bond acceptors (Lipinski definition) is 5. The zero-order valence-corrected chi connectivity index (χ0v) is 13.4.